The van der Waals surface area contributed by atoms with Crippen molar-refractivity contribution in [2.24, 2.45) is 5.18 Å². The fraction of sp³-hybridized carbons (Fsp3) is 0.0667. The minimum atomic E-state index is 0.375. The van der Waals surface area contributed by atoms with Crippen molar-refractivity contribution in [1.29, 1.82) is 0 Å². The summed E-state index contributed by atoms with van der Waals surface area (Å²) in [5, 5.41) is 2.86. The molecular weight excluding hydrogens is 226 g/mol. The highest BCUT2D eigenvalue weighted by Crippen LogP contribution is 2.19. The third kappa shape index (κ3) is 3.56. The predicted molar refractivity (Wildman–Crippen MR) is 72.9 cm³/mol. The van der Waals surface area contributed by atoms with E-state index in [-0.39, 0.29) is 0 Å². The number of hydrogen-bond acceptors (Lipinski definition) is 3. The van der Waals surface area contributed by atoms with Crippen LogP contribution < -0.4 is 4.74 Å². The molecule has 0 atom stereocenters. The van der Waals surface area contributed by atoms with Gasteiger partial charge in [-0.2, -0.15) is 0 Å². The number of rotatable bonds is 5. The smallest absolute Gasteiger partial charge is 0.122 e. The molecule has 0 N–H and O–H groups in total. The lowest BCUT2D eigenvalue weighted by Crippen LogP contribution is -1.92. The van der Waals surface area contributed by atoms with Crippen LogP contribution in [0, 0.1) is 4.91 Å². The van der Waals surface area contributed by atoms with E-state index in [4.69, 9.17) is 4.74 Å². The van der Waals surface area contributed by atoms with Gasteiger partial charge in [-0.15, -0.1) is 4.91 Å². The zero-order valence-electron chi connectivity index (χ0n) is 9.82. The third-order valence-corrected chi connectivity index (χ3v) is 2.38. The second-order valence-corrected chi connectivity index (χ2v) is 3.71. The molecular formula is C15H13NO2. The minimum Gasteiger partial charge on any atom is -0.489 e. The predicted octanol–water partition coefficient (Wildman–Crippen LogP) is 4.18. The molecule has 0 saturated heterocycles. The Morgan fingerprint density at radius 2 is 1.89 bits per heavy atom. The number of benzene rings is 2. The Morgan fingerprint density at radius 1 is 1.06 bits per heavy atom. The monoisotopic (exact) mass is 239 g/mol. The summed E-state index contributed by atoms with van der Waals surface area (Å²) in [5.41, 5.74) is 1.50. The zero-order valence-corrected chi connectivity index (χ0v) is 9.82. The molecule has 0 unspecified atom stereocenters. The van der Waals surface area contributed by atoms with Crippen molar-refractivity contribution in [1.82, 2.24) is 0 Å². The van der Waals surface area contributed by atoms with Crippen molar-refractivity contribution in [3.63, 3.8) is 0 Å². The second-order valence-electron chi connectivity index (χ2n) is 3.71. The molecule has 3 nitrogen and oxygen atoms in total. The molecule has 2 aromatic carbocycles. The maximum absolute atomic E-state index is 10.4. The zero-order chi connectivity index (χ0) is 12.6. The maximum Gasteiger partial charge on any atom is 0.122 e. The SMILES string of the molecule is O=Nc1cccc(OCC=Cc2ccccc2)c1. The summed E-state index contributed by atoms with van der Waals surface area (Å²) in [5.74, 6) is 0.643. The van der Waals surface area contributed by atoms with E-state index in [1.54, 1.807) is 24.3 Å². The van der Waals surface area contributed by atoms with Gasteiger partial charge >= 0.3 is 0 Å². The first-order chi connectivity index (χ1) is 8.88. The number of nitrogens with zero attached hydrogens (tertiary/aromatic N) is 1. The Bertz CT molecular complexity index is 535. The van der Waals surface area contributed by atoms with Gasteiger partial charge in [0.05, 0.1) is 0 Å². The fourth-order valence-electron chi connectivity index (χ4n) is 1.52. The van der Waals surface area contributed by atoms with Crippen LogP contribution >= 0.6 is 0 Å². The molecule has 0 amide bonds. The van der Waals surface area contributed by atoms with E-state index in [1.807, 2.05) is 42.5 Å². The summed E-state index contributed by atoms with van der Waals surface area (Å²) in [6.45, 7) is 0.456. The van der Waals surface area contributed by atoms with Gasteiger partial charge in [-0.1, -0.05) is 42.5 Å². The van der Waals surface area contributed by atoms with Gasteiger partial charge in [-0.25, -0.2) is 0 Å². The molecule has 0 bridgehead atoms. The largest absolute Gasteiger partial charge is 0.489 e. The van der Waals surface area contributed by atoms with Gasteiger partial charge in [0.1, 0.15) is 18.0 Å². The number of nitroso groups, excluding NO2 is 1. The van der Waals surface area contributed by atoms with E-state index in [2.05, 4.69) is 5.18 Å². The van der Waals surface area contributed by atoms with Crippen molar-refractivity contribution in [3.8, 4) is 5.75 Å². The summed E-state index contributed by atoms with van der Waals surface area (Å²) in [6.07, 6.45) is 3.91. The van der Waals surface area contributed by atoms with Crippen LogP contribution in [0.1, 0.15) is 5.56 Å². The van der Waals surface area contributed by atoms with Gasteiger partial charge in [-0.05, 0) is 28.9 Å². The molecule has 0 fully saturated rings. The Labute approximate surface area is 106 Å². The van der Waals surface area contributed by atoms with Gasteiger partial charge in [-0.3, -0.25) is 0 Å². The molecule has 0 aliphatic heterocycles. The third-order valence-electron chi connectivity index (χ3n) is 2.38. The van der Waals surface area contributed by atoms with Crippen LogP contribution in [0.25, 0.3) is 6.08 Å². The van der Waals surface area contributed by atoms with E-state index in [0.29, 0.717) is 18.0 Å². The van der Waals surface area contributed by atoms with Crippen LogP contribution in [-0.2, 0) is 0 Å². The van der Waals surface area contributed by atoms with Crippen molar-refractivity contribution in [2.75, 3.05) is 6.61 Å². The quantitative estimate of drug-likeness (QED) is 0.734. The molecule has 2 aromatic rings. The van der Waals surface area contributed by atoms with E-state index in [9.17, 15) is 4.91 Å². The Hall–Kier alpha value is -2.42. The van der Waals surface area contributed by atoms with Crippen LogP contribution in [0.4, 0.5) is 5.69 Å². The minimum absolute atomic E-state index is 0.375. The molecule has 3 heteroatoms. The number of ether oxygens (including phenoxy) is 1. The van der Waals surface area contributed by atoms with Crippen molar-refractivity contribution in [2.45, 2.75) is 0 Å². The molecule has 0 saturated carbocycles. The molecule has 0 aliphatic rings. The lowest BCUT2D eigenvalue weighted by atomic mass is 10.2. The molecule has 0 heterocycles. The first-order valence-corrected chi connectivity index (χ1v) is 5.66. The summed E-state index contributed by atoms with van der Waals surface area (Å²) < 4.78 is 5.48. The summed E-state index contributed by atoms with van der Waals surface area (Å²) >= 11 is 0. The van der Waals surface area contributed by atoms with E-state index in [0.717, 1.165) is 5.56 Å². The molecule has 18 heavy (non-hydrogen) atoms. The van der Waals surface area contributed by atoms with E-state index < -0.39 is 0 Å². The highest BCUT2D eigenvalue weighted by molar-refractivity contribution is 5.49. The molecule has 0 aromatic heterocycles. The second kappa shape index (κ2) is 6.35. The lowest BCUT2D eigenvalue weighted by molar-refractivity contribution is 0.364. The lowest BCUT2D eigenvalue weighted by Gasteiger charge is -2.02. The Morgan fingerprint density at radius 3 is 2.67 bits per heavy atom. The highest BCUT2D eigenvalue weighted by Gasteiger charge is 1.94. The van der Waals surface area contributed by atoms with Crippen LogP contribution in [0.3, 0.4) is 0 Å². The molecule has 90 valence electrons. The fourth-order valence-corrected chi connectivity index (χ4v) is 1.52. The molecule has 0 spiro atoms. The Kier molecular flexibility index (Phi) is 4.25. The van der Waals surface area contributed by atoms with Crippen molar-refractivity contribution < 1.29 is 4.74 Å². The van der Waals surface area contributed by atoms with E-state index >= 15 is 0 Å². The Balaban J connectivity index is 1.88. The average Bonchev–Trinajstić information content (AvgIpc) is 2.45. The summed E-state index contributed by atoms with van der Waals surface area (Å²) in [4.78, 5) is 10.4. The highest BCUT2D eigenvalue weighted by atomic mass is 16.5. The van der Waals surface area contributed by atoms with Gasteiger partial charge in [0, 0.05) is 6.07 Å². The van der Waals surface area contributed by atoms with Gasteiger partial charge in [0.2, 0.25) is 0 Å². The molecule has 2 rings (SSSR count). The molecule has 0 radical (unpaired) electrons. The average molecular weight is 239 g/mol. The molecule has 0 aliphatic carbocycles. The van der Waals surface area contributed by atoms with Gasteiger partial charge in [0.25, 0.3) is 0 Å². The van der Waals surface area contributed by atoms with Crippen LogP contribution in [-0.4, -0.2) is 6.61 Å². The van der Waals surface area contributed by atoms with Crippen molar-refractivity contribution >= 4 is 11.8 Å². The van der Waals surface area contributed by atoms with Gasteiger partial charge in [0.15, 0.2) is 0 Å². The normalized spacial score (nSPS) is 10.4. The standard InChI is InChI=1S/C15H13NO2/c17-16-14-9-4-10-15(12-14)18-11-5-8-13-6-2-1-3-7-13/h1-10,12H,11H2. The van der Waals surface area contributed by atoms with Crippen LogP contribution in [0.5, 0.6) is 5.75 Å². The van der Waals surface area contributed by atoms with Crippen LogP contribution in [0.15, 0.2) is 65.9 Å². The van der Waals surface area contributed by atoms with Crippen LogP contribution in [0.2, 0.25) is 0 Å². The topological polar surface area (TPSA) is 38.7 Å². The summed E-state index contributed by atoms with van der Waals surface area (Å²) in [7, 11) is 0. The van der Waals surface area contributed by atoms with E-state index in [1.165, 1.54) is 0 Å². The van der Waals surface area contributed by atoms with Crippen molar-refractivity contribution in [3.05, 3.63) is 71.1 Å². The van der Waals surface area contributed by atoms with Gasteiger partial charge < -0.3 is 4.74 Å². The summed E-state index contributed by atoms with van der Waals surface area (Å²) in [6, 6.07) is 16.8. The first kappa shape index (κ1) is 12.0. The maximum atomic E-state index is 10.4. The number of hydrogen-bond donors (Lipinski definition) is 0. The first-order valence-electron chi connectivity index (χ1n) is 5.66.